The Morgan fingerprint density at radius 1 is 1.30 bits per heavy atom. The molecule has 0 bridgehead atoms. The Kier molecular flexibility index (Phi) is 4.90. The van der Waals surface area contributed by atoms with Gasteiger partial charge in [0.2, 0.25) is 6.10 Å². The third kappa shape index (κ3) is 3.85. The van der Waals surface area contributed by atoms with Crippen molar-refractivity contribution in [2.24, 2.45) is 5.16 Å². The summed E-state index contributed by atoms with van der Waals surface area (Å²) in [5.41, 5.74) is 2.97. The van der Waals surface area contributed by atoms with Gasteiger partial charge in [0.05, 0.1) is 22.5 Å². The Labute approximate surface area is 162 Å². The van der Waals surface area contributed by atoms with Gasteiger partial charge in [-0.25, -0.2) is 4.98 Å². The monoisotopic (exact) mass is 379 g/mol. The second-order valence-corrected chi connectivity index (χ2v) is 7.85. The Bertz CT molecular complexity index is 1010. The minimum Gasteiger partial charge on any atom is -0.382 e. The van der Waals surface area contributed by atoms with Crippen molar-refractivity contribution < 1.29 is 9.63 Å². The number of nitrogens with one attached hydrogen (secondary N) is 1. The van der Waals surface area contributed by atoms with Gasteiger partial charge in [-0.15, -0.1) is 11.3 Å². The Balaban J connectivity index is 1.38. The molecule has 0 saturated carbocycles. The minimum atomic E-state index is -0.572. The number of hydrogen-bond donors (Lipinski definition) is 1. The summed E-state index contributed by atoms with van der Waals surface area (Å²) in [6, 6.07) is 14.4. The van der Waals surface area contributed by atoms with E-state index in [-0.39, 0.29) is 11.9 Å². The van der Waals surface area contributed by atoms with Gasteiger partial charge in [-0.3, -0.25) is 4.79 Å². The van der Waals surface area contributed by atoms with Crippen LogP contribution in [0, 0.1) is 6.92 Å². The number of hydrogen-bond acceptors (Lipinski definition) is 5. The zero-order chi connectivity index (χ0) is 18.8. The van der Waals surface area contributed by atoms with Gasteiger partial charge in [-0.2, -0.15) is 0 Å². The van der Waals surface area contributed by atoms with Crippen LogP contribution in [-0.4, -0.2) is 22.7 Å². The zero-order valence-electron chi connectivity index (χ0n) is 15.3. The molecule has 2 aromatic carbocycles. The van der Waals surface area contributed by atoms with Crippen molar-refractivity contribution in [2.45, 2.75) is 38.8 Å². The molecule has 2 atom stereocenters. The number of oxime groups is 1. The quantitative estimate of drug-likeness (QED) is 0.724. The highest BCUT2D eigenvalue weighted by Gasteiger charge is 2.29. The topological polar surface area (TPSA) is 63.6 Å². The molecule has 5 nitrogen and oxygen atoms in total. The number of thiazole rings is 1. The van der Waals surface area contributed by atoms with Crippen LogP contribution in [0.4, 0.5) is 0 Å². The minimum absolute atomic E-state index is 0.145. The molecule has 1 N–H and O–H groups in total. The number of aryl methyl sites for hydroxylation is 1. The van der Waals surface area contributed by atoms with Crippen LogP contribution in [0.1, 0.15) is 35.7 Å². The smallest absolute Gasteiger partial charge is 0.264 e. The van der Waals surface area contributed by atoms with Gasteiger partial charge in [0.15, 0.2) is 0 Å². The van der Waals surface area contributed by atoms with Gasteiger partial charge in [0, 0.05) is 18.2 Å². The Morgan fingerprint density at radius 2 is 2.11 bits per heavy atom. The van der Waals surface area contributed by atoms with Gasteiger partial charge >= 0.3 is 0 Å². The van der Waals surface area contributed by atoms with E-state index in [0.717, 1.165) is 16.4 Å². The van der Waals surface area contributed by atoms with Crippen molar-refractivity contribution in [2.75, 3.05) is 0 Å². The van der Waals surface area contributed by atoms with E-state index in [4.69, 9.17) is 4.84 Å². The SMILES string of the molecule is Cc1nc([C@H](C)NC(=O)[C@H]2CC(Cc3cccc4ccccc34)=NO2)cs1. The molecule has 1 amide bonds. The van der Waals surface area contributed by atoms with Crippen LogP contribution in [0.15, 0.2) is 53.0 Å². The molecule has 1 aliphatic heterocycles. The molecule has 138 valence electrons. The molecule has 3 aromatic rings. The summed E-state index contributed by atoms with van der Waals surface area (Å²) in [4.78, 5) is 22.3. The van der Waals surface area contributed by atoms with E-state index in [1.807, 2.05) is 31.4 Å². The Morgan fingerprint density at radius 3 is 2.93 bits per heavy atom. The van der Waals surface area contributed by atoms with Crippen molar-refractivity contribution in [1.29, 1.82) is 0 Å². The molecule has 27 heavy (non-hydrogen) atoms. The molecule has 0 aliphatic carbocycles. The fourth-order valence-electron chi connectivity index (χ4n) is 3.30. The van der Waals surface area contributed by atoms with Crippen molar-refractivity contribution >= 4 is 33.7 Å². The number of benzene rings is 2. The van der Waals surface area contributed by atoms with Crippen LogP contribution < -0.4 is 5.32 Å². The van der Waals surface area contributed by atoms with Gasteiger partial charge in [0.25, 0.3) is 5.91 Å². The number of nitrogens with zero attached hydrogens (tertiary/aromatic N) is 2. The first-order valence-electron chi connectivity index (χ1n) is 9.01. The summed E-state index contributed by atoms with van der Waals surface area (Å²) in [5.74, 6) is -0.148. The maximum Gasteiger partial charge on any atom is 0.264 e. The van der Waals surface area contributed by atoms with E-state index in [2.05, 4.69) is 45.8 Å². The summed E-state index contributed by atoms with van der Waals surface area (Å²) in [5, 5.41) is 12.5. The van der Waals surface area contributed by atoms with E-state index >= 15 is 0 Å². The lowest BCUT2D eigenvalue weighted by Crippen LogP contribution is -2.36. The number of rotatable bonds is 5. The fourth-order valence-corrected chi connectivity index (χ4v) is 4.00. The van der Waals surface area contributed by atoms with Gasteiger partial charge < -0.3 is 10.2 Å². The molecule has 0 unspecified atom stereocenters. The van der Waals surface area contributed by atoms with E-state index in [9.17, 15) is 4.79 Å². The van der Waals surface area contributed by atoms with Crippen LogP contribution >= 0.6 is 11.3 Å². The predicted molar refractivity (Wildman–Crippen MR) is 108 cm³/mol. The molecule has 1 aromatic heterocycles. The number of carbonyl (C=O) groups is 1. The molecule has 4 rings (SSSR count). The molecule has 6 heteroatoms. The standard InChI is InChI=1S/C21H21N3O2S/c1-13(19-12-27-14(2)23-19)22-21(25)20-11-17(24-26-20)10-16-8-5-7-15-6-3-4-9-18(15)16/h3-9,12-13,20H,10-11H2,1-2H3,(H,22,25)/t13-,20+/m0/s1. The second-order valence-electron chi connectivity index (χ2n) is 6.79. The molecule has 2 heterocycles. The van der Waals surface area contributed by atoms with Crippen LogP contribution in [0.2, 0.25) is 0 Å². The maximum atomic E-state index is 12.5. The van der Waals surface area contributed by atoms with E-state index in [0.29, 0.717) is 12.8 Å². The average Bonchev–Trinajstić information content (AvgIpc) is 3.31. The van der Waals surface area contributed by atoms with Crippen molar-refractivity contribution in [3.05, 3.63) is 64.1 Å². The lowest BCUT2D eigenvalue weighted by molar-refractivity contribution is -0.131. The molecular weight excluding hydrogens is 358 g/mol. The lowest BCUT2D eigenvalue weighted by Gasteiger charge is -2.14. The number of fused-ring (bicyclic) bond motifs is 1. The first-order valence-corrected chi connectivity index (χ1v) is 9.89. The third-order valence-corrected chi connectivity index (χ3v) is 5.53. The van der Waals surface area contributed by atoms with E-state index in [1.54, 1.807) is 11.3 Å². The average molecular weight is 379 g/mol. The van der Waals surface area contributed by atoms with Gasteiger partial charge in [0.1, 0.15) is 0 Å². The molecular formula is C21H21N3O2S. The number of carbonyl (C=O) groups excluding carboxylic acids is 1. The Hall–Kier alpha value is -2.73. The molecule has 0 saturated heterocycles. The molecule has 0 fully saturated rings. The van der Waals surface area contributed by atoms with E-state index in [1.165, 1.54) is 16.3 Å². The summed E-state index contributed by atoms with van der Waals surface area (Å²) in [6.07, 6.45) is 0.626. The fraction of sp³-hybridized carbons (Fsp3) is 0.286. The van der Waals surface area contributed by atoms with Crippen molar-refractivity contribution in [3.8, 4) is 0 Å². The highest BCUT2D eigenvalue weighted by atomic mass is 32.1. The number of amides is 1. The number of aromatic nitrogens is 1. The summed E-state index contributed by atoms with van der Waals surface area (Å²) < 4.78 is 0. The zero-order valence-corrected chi connectivity index (χ0v) is 16.1. The molecule has 0 spiro atoms. The highest BCUT2D eigenvalue weighted by molar-refractivity contribution is 7.09. The molecule has 1 aliphatic rings. The van der Waals surface area contributed by atoms with Gasteiger partial charge in [-0.05, 0) is 30.2 Å². The van der Waals surface area contributed by atoms with Gasteiger partial charge in [-0.1, -0.05) is 47.6 Å². The molecule has 0 radical (unpaired) electrons. The first-order chi connectivity index (χ1) is 13.1. The summed E-state index contributed by atoms with van der Waals surface area (Å²) in [7, 11) is 0. The third-order valence-electron chi connectivity index (χ3n) is 4.74. The second kappa shape index (κ2) is 7.48. The predicted octanol–water partition coefficient (Wildman–Crippen LogP) is 4.17. The van der Waals surface area contributed by atoms with Crippen LogP contribution in [0.5, 0.6) is 0 Å². The lowest BCUT2D eigenvalue weighted by atomic mass is 9.98. The van der Waals surface area contributed by atoms with E-state index < -0.39 is 6.10 Å². The largest absolute Gasteiger partial charge is 0.382 e. The van der Waals surface area contributed by atoms with Crippen LogP contribution in [0.25, 0.3) is 10.8 Å². The summed E-state index contributed by atoms with van der Waals surface area (Å²) >= 11 is 1.58. The normalized spacial score (nSPS) is 17.4. The van der Waals surface area contributed by atoms with Crippen molar-refractivity contribution in [1.82, 2.24) is 10.3 Å². The maximum absolute atomic E-state index is 12.5. The summed E-state index contributed by atoms with van der Waals surface area (Å²) in [6.45, 7) is 3.88. The first kappa shape index (κ1) is 17.7. The van der Waals surface area contributed by atoms with Crippen LogP contribution in [-0.2, 0) is 16.1 Å². The highest BCUT2D eigenvalue weighted by Crippen LogP contribution is 2.23. The van der Waals surface area contributed by atoms with Crippen LogP contribution in [0.3, 0.4) is 0 Å². The van der Waals surface area contributed by atoms with Crippen molar-refractivity contribution in [3.63, 3.8) is 0 Å².